The highest BCUT2D eigenvalue weighted by atomic mass is 16.5. The van der Waals surface area contributed by atoms with Crippen LogP contribution in [0.3, 0.4) is 0 Å². The zero-order valence-corrected chi connectivity index (χ0v) is 14.2. The van der Waals surface area contributed by atoms with E-state index in [-0.39, 0.29) is 17.5 Å². The van der Waals surface area contributed by atoms with Crippen molar-refractivity contribution in [2.45, 2.75) is 19.5 Å². The SMILES string of the molecule is COc1ccc2[nH]c(=O)c(CN(C)[C@H](C)C(=O)N(C)C)cc2c1. The molecule has 124 valence electrons. The second kappa shape index (κ2) is 6.83. The summed E-state index contributed by atoms with van der Waals surface area (Å²) in [6.45, 7) is 2.23. The largest absolute Gasteiger partial charge is 0.497 e. The van der Waals surface area contributed by atoms with Crippen molar-refractivity contribution in [1.82, 2.24) is 14.8 Å². The molecule has 6 heteroatoms. The molecule has 23 heavy (non-hydrogen) atoms. The minimum absolute atomic E-state index is 0.00591. The van der Waals surface area contributed by atoms with Crippen LogP contribution in [0, 0.1) is 0 Å². The molecule has 1 atom stereocenters. The average Bonchev–Trinajstić information content (AvgIpc) is 2.53. The Hall–Kier alpha value is -2.34. The molecular formula is C17H23N3O3. The monoisotopic (exact) mass is 317 g/mol. The Morgan fingerprint density at radius 3 is 2.57 bits per heavy atom. The van der Waals surface area contributed by atoms with Crippen molar-refractivity contribution in [2.24, 2.45) is 0 Å². The molecule has 2 aromatic rings. The maximum absolute atomic E-state index is 12.2. The fraction of sp³-hybridized carbons (Fsp3) is 0.412. The van der Waals surface area contributed by atoms with Gasteiger partial charge in [-0.1, -0.05) is 0 Å². The number of H-pyrrole nitrogens is 1. The van der Waals surface area contributed by atoms with E-state index in [0.717, 1.165) is 16.7 Å². The summed E-state index contributed by atoms with van der Waals surface area (Å²) in [5.74, 6) is 0.742. The number of nitrogens with zero attached hydrogens (tertiary/aromatic N) is 2. The number of amides is 1. The van der Waals surface area contributed by atoms with Crippen LogP contribution in [0.2, 0.25) is 0 Å². The van der Waals surface area contributed by atoms with Gasteiger partial charge in [-0.3, -0.25) is 14.5 Å². The fourth-order valence-corrected chi connectivity index (χ4v) is 2.44. The molecule has 1 heterocycles. The number of ether oxygens (including phenoxy) is 1. The van der Waals surface area contributed by atoms with Crippen LogP contribution in [0.5, 0.6) is 5.75 Å². The van der Waals surface area contributed by atoms with E-state index in [0.29, 0.717) is 12.1 Å². The first-order chi connectivity index (χ1) is 10.8. The van der Waals surface area contributed by atoms with Gasteiger partial charge in [0.2, 0.25) is 5.91 Å². The van der Waals surface area contributed by atoms with Gasteiger partial charge in [0.15, 0.2) is 0 Å². The molecule has 0 fully saturated rings. The van der Waals surface area contributed by atoms with Crippen LogP contribution in [0.4, 0.5) is 0 Å². The van der Waals surface area contributed by atoms with Gasteiger partial charge in [-0.05, 0) is 38.2 Å². The van der Waals surface area contributed by atoms with E-state index >= 15 is 0 Å². The Bertz CT molecular complexity index is 767. The molecule has 0 radical (unpaired) electrons. The second-order valence-electron chi connectivity index (χ2n) is 5.90. The van der Waals surface area contributed by atoms with Gasteiger partial charge in [-0.2, -0.15) is 0 Å². The fourth-order valence-electron chi connectivity index (χ4n) is 2.44. The number of hydrogen-bond acceptors (Lipinski definition) is 4. The van der Waals surface area contributed by atoms with Gasteiger partial charge in [-0.25, -0.2) is 0 Å². The zero-order chi connectivity index (χ0) is 17.1. The molecule has 1 aromatic carbocycles. The molecule has 0 aliphatic carbocycles. The molecule has 0 saturated carbocycles. The predicted molar refractivity (Wildman–Crippen MR) is 90.7 cm³/mol. The molecule has 1 amide bonds. The lowest BCUT2D eigenvalue weighted by molar-refractivity contribution is -0.133. The topological polar surface area (TPSA) is 65.6 Å². The van der Waals surface area contributed by atoms with Gasteiger partial charge in [0.1, 0.15) is 5.75 Å². The first kappa shape index (κ1) is 17.0. The standard InChI is InChI=1S/C17H23N3O3/c1-11(17(22)19(2)3)20(4)10-13-8-12-9-14(23-5)6-7-15(12)18-16(13)21/h6-9,11H,10H2,1-5H3,(H,18,21)/t11-/m1/s1. The number of aromatic amines is 1. The van der Waals surface area contributed by atoms with Crippen LogP contribution in [-0.2, 0) is 11.3 Å². The van der Waals surface area contributed by atoms with Crippen molar-refractivity contribution in [3.63, 3.8) is 0 Å². The molecule has 1 aromatic heterocycles. The number of hydrogen-bond donors (Lipinski definition) is 1. The Balaban J connectivity index is 2.30. The summed E-state index contributed by atoms with van der Waals surface area (Å²) >= 11 is 0. The number of methoxy groups -OCH3 is 1. The zero-order valence-electron chi connectivity index (χ0n) is 14.2. The van der Waals surface area contributed by atoms with Crippen molar-refractivity contribution < 1.29 is 9.53 Å². The summed E-state index contributed by atoms with van der Waals surface area (Å²) in [4.78, 5) is 30.6. The number of likely N-dealkylation sites (N-methyl/N-ethyl adjacent to an activating group) is 2. The van der Waals surface area contributed by atoms with Crippen LogP contribution in [0.15, 0.2) is 29.1 Å². The lowest BCUT2D eigenvalue weighted by atomic mass is 10.1. The van der Waals surface area contributed by atoms with Crippen LogP contribution in [0.1, 0.15) is 12.5 Å². The van der Waals surface area contributed by atoms with Crippen molar-refractivity contribution in [3.8, 4) is 5.75 Å². The highest BCUT2D eigenvalue weighted by Crippen LogP contribution is 2.19. The summed E-state index contributed by atoms with van der Waals surface area (Å²) in [6, 6.07) is 7.05. The van der Waals surface area contributed by atoms with E-state index in [1.807, 2.05) is 43.1 Å². The molecule has 0 aliphatic heterocycles. The first-order valence-corrected chi connectivity index (χ1v) is 7.45. The lowest BCUT2D eigenvalue weighted by Gasteiger charge is -2.26. The summed E-state index contributed by atoms with van der Waals surface area (Å²) in [7, 11) is 6.89. The minimum atomic E-state index is -0.301. The number of aromatic nitrogens is 1. The van der Waals surface area contributed by atoms with Crippen molar-refractivity contribution >= 4 is 16.8 Å². The summed E-state index contributed by atoms with van der Waals surface area (Å²) in [6.07, 6.45) is 0. The molecule has 0 saturated heterocycles. The smallest absolute Gasteiger partial charge is 0.252 e. The third kappa shape index (κ3) is 3.71. The molecule has 2 rings (SSSR count). The Kier molecular flexibility index (Phi) is 5.05. The van der Waals surface area contributed by atoms with Crippen LogP contribution in [-0.4, -0.2) is 55.0 Å². The normalized spacial score (nSPS) is 12.4. The van der Waals surface area contributed by atoms with Crippen LogP contribution in [0.25, 0.3) is 10.9 Å². The molecule has 0 aliphatic rings. The number of carbonyl (C=O) groups excluding carboxylic acids is 1. The number of fused-ring (bicyclic) bond motifs is 1. The number of carbonyl (C=O) groups is 1. The Morgan fingerprint density at radius 2 is 1.96 bits per heavy atom. The minimum Gasteiger partial charge on any atom is -0.497 e. The summed E-state index contributed by atoms with van der Waals surface area (Å²) in [5.41, 5.74) is 1.24. The number of nitrogens with one attached hydrogen (secondary N) is 1. The van der Waals surface area contributed by atoms with Crippen molar-refractivity contribution in [1.29, 1.82) is 0 Å². The molecule has 0 bridgehead atoms. The third-order valence-corrected chi connectivity index (χ3v) is 4.01. The highest BCUT2D eigenvalue weighted by Gasteiger charge is 2.20. The van der Waals surface area contributed by atoms with Gasteiger partial charge >= 0.3 is 0 Å². The average molecular weight is 317 g/mol. The van der Waals surface area contributed by atoms with Gasteiger partial charge < -0.3 is 14.6 Å². The van der Waals surface area contributed by atoms with Crippen molar-refractivity contribution in [2.75, 3.05) is 28.3 Å². The van der Waals surface area contributed by atoms with Gasteiger partial charge in [0.05, 0.1) is 13.2 Å². The molecule has 6 nitrogen and oxygen atoms in total. The van der Waals surface area contributed by atoms with Crippen molar-refractivity contribution in [3.05, 3.63) is 40.2 Å². The molecular weight excluding hydrogens is 294 g/mol. The molecule has 0 unspecified atom stereocenters. The molecule has 0 spiro atoms. The number of benzene rings is 1. The Labute approximate surface area is 135 Å². The van der Waals surface area contributed by atoms with E-state index in [2.05, 4.69) is 4.98 Å². The summed E-state index contributed by atoms with van der Waals surface area (Å²) < 4.78 is 5.22. The number of rotatable bonds is 5. The van der Waals surface area contributed by atoms with E-state index in [1.54, 1.807) is 26.1 Å². The van der Waals surface area contributed by atoms with Gasteiger partial charge in [0.25, 0.3) is 5.56 Å². The van der Waals surface area contributed by atoms with E-state index < -0.39 is 0 Å². The van der Waals surface area contributed by atoms with E-state index in [4.69, 9.17) is 4.74 Å². The maximum Gasteiger partial charge on any atom is 0.252 e. The molecule has 1 N–H and O–H groups in total. The third-order valence-electron chi connectivity index (χ3n) is 4.01. The maximum atomic E-state index is 12.2. The lowest BCUT2D eigenvalue weighted by Crippen LogP contribution is -2.42. The Morgan fingerprint density at radius 1 is 1.26 bits per heavy atom. The first-order valence-electron chi connectivity index (χ1n) is 7.45. The quantitative estimate of drug-likeness (QED) is 0.906. The predicted octanol–water partition coefficient (Wildman–Crippen LogP) is 1.45. The summed E-state index contributed by atoms with van der Waals surface area (Å²) in [5, 5.41) is 0.902. The highest BCUT2D eigenvalue weighted by molar-refractivity contribution is 5.81. The van der Waals surface area contributed by atoms with E-state index in [9.17, 15) is 9.59 Å². The number of pyridine rings is 1. The van der Waals surface area contributed by atoms with E-state index in [1.165, 1.54) is 0 Å². The van der Waals surface area contributed by atoms with Crippen LogP contribution >= 0.6 is 0 Å². The second-order valence-corrected chi connectivity index (χ2v) is 5.90. The van der Waals surface area contributed by atoms with Gasteiger partial charge in [-0.15, -0.1) is 0 Å². The van der Waals surface area contributed by atoms with Crippen LogP contribution < -0.4 is 10.3 Å². The van der Waals surface area contributed by atoms with Gasteiger partial charge in [0, 0.05) is 37.1 Å².